The summed E-state index contributed by atoms with van der Waals surface area (Å²) in [5.74, 6) is 1.09. The largest absolute Gasteiger partial charge is 0.392 e. The Morgan fingerprint density at radius 3 is 2.76 bits per heavy atom. The topological polar surface area (TPSA) is 66.4 Å². The predicted octanol–water partition coefficient (Wildman–Crippen LogP) is 2.94. The molecule has 0 amide bonds. The molecule has 2 atom stereocenters. The van der Waals surface area contributed by atoms with Crippen LogP contribution in [0.1, 0.15) is 38.2 Å². The molecule has 21 heavy (non-hydrogen) atoms. The van der Waals surface area contributed by atoms with Crippen LogP contribution in [-0.2, 0) is 16.6 Å². The molecule has 1 saturated carbocycles. The molecule has 0 bridgehead atoms. The van der Waals surface area contributed by atoms with Crippen molar-refractivity contribution in [3.63, 3.8) is 0 Å². The summed E-state index contributed by atoms with van der Waals surface area (Å²) >= 11 is 5.95. The van der Waals surface area contributed by atoms with E-state index in [1.165, 1.54) is 25.0 Å². The molecule has 1 aromatic carbocycles. The number of hydrogen-bond donors (Lipinski definition) is 2. The Kier molecular flexibility index (Phi) is 5.66. The van der Waals surface area contributed by atoms with E-state index >= 15 is 0 Å². The molecular weight excluding hydrogens is 310 g/mol. The summed E-state index contributed by atoms with van der Waals surface area (Å²) in [6.07, 6.45) is 4.57. The molecule has 1 fully saturated rings. The first-order valence-corrected chi connectivity index (χ1v) is 9.17. The molecule has 118 valence electrons. The Morgan fingerprint density at radius 2 is 2.14 bits per heavy atom. The Labute approximate surface area is 131 Å². The molecule has 0 heterocycles. The lowest BCUT2D eigenvalue weighted by atomic mass is 9.83. The zero-order chi connectivity index (χ0) is 15.5. The van der Waals surface area contributed by atoms with Crippen LogP contribution in [0.2, 0.25) is 5.02 Å². The zero-order valence-corrected chi connectivity index (χ0v) is 13.8. The van der Waals surface area contributed by atoms with Gasteiger partial charge in [0, 0.05) is 11.6 Å². The number of nitrogens with one attached hydrogen (secondary N) is 1. The van der Waals surface area contributed by atoms with Gasteiger partial charge in [0.15, 0.2) is 0 Å². The Bertz CT molecular complexity index is 589. The number of aliphatic hydroxyl groups is 1. The van der Waals surface area contributed by atoms with Gasteiger partial charge in [0.05, 0.1) is 11.5 Å². The maximum atomic E-state index is 12.3. The van der Waals surface area contributed by atoms with E-state index in [9.17, 15) is 8.42 Å². The van der Waals surface area contributed by atoms with Crippen LogP contribution in [0.15, 0.2) is 23.1 Å². The van der Waals surface area contributed by atoms with Gasteiger partial charge in [-0.15, -0.1) is 0 Å². The second-order valence-corrected chi connectivity index (χ2v) is 8.08. The highest BCUT2D eigenvalue weighted by Gasteiger charge is 2.22. The van der Waals surface area contributed by atoms with Crippen molar-refractivity contribution in [3.8, 4) is 0 Å². The van der Waals surface area contributed by atoms with Crippen LogP contribution in [0.5, 0.6) is 0 Å². The fourth-order valence-electron chi connectivity index (χ4n) is 2.88. The summed E-state index contributed by atoms with van der Waals surface area (Å²) in [5.41, 5.74) is 0.525. The van der Waals surface area contributed by atoms with Crippen LogP contribution < -0.4 is 4.72 Å². The summed E-state index contributed by atoms with van der Waals surface area (Å²) in [4.78, 5) is 0.147. The van der Waals surface area contributed by atoms with Crippen molar-refractivity contribution >= 4 is 21.6 Å². The van der Waals surface area contributed by atoms with Gasteiger partial charge in [-0.05, 0) is 42.4 Å². The molecule has 0 spiro atoms. The van der Waals surface area contributed by atoms with E-state index in [-0.39, 0.29) is 16.5 Å². The maximum absolute atomic E-state index is 12.3. The molecule has 4 nitrogen and oxygen atoms in total. The van der Waals surface area contributed by atoms with Gasteiger partial charge in [-0.2, -0.15) is 0 Å². The fourth-order valence-corrected chi connectivity index (χ4v) is 4.33. The lowest BCUT2D eigenvalue weighted by molar-refractivity contribution is 0.282. The van der Waals surface area contributed by atoms with Gasteiger partial charge in [-0.1, -0.05) is 37.4 Å². The SMILES string of the molecule is CC1CCCC(CNS(=O)(=O)c2ccc(CO)c(Cl)c2)C1. The lowest BCUT2D eigenvalue weighted by Gasteiger charge is -2.26. The molecular formula is C15H22ClNO3S. The second kappa shape index (κ2) is 7.09. The van der Waals surface area contributed by atoms with E-state index in [0.717, 1.165) is 12.8 Å². The predicted molar refractivity (Wildman–Crippen MR) is 83.7 cm³/mol. The first-order valence-electron chi connectivity index (χ1n) is 7.31. The molecule has 2 rings (SSSR count). The molecule has 0 aliphatic heterocycles. The molecule has 1 aromatic rings. The highest BCUT2D eigenvalue weighted by molar-refractivity contribution is 7.89. The Balaban J connectivity index is 2.02. The normalized spacial score (nSPS) is 23.2. The third-order valence-electron chi connectivity index (χ3n) is 4.11. The highest BCUT2D eigenvalue weighted by atomic mass is 35.5. The third kappa shape index (κ3) is 4.42. The van der Waals surface area contributed by atoms with Crippen LogP contribution >= 0.6 is 11.6 Å². The van der Waals surface area contributed by atoms with Crippen molar-refractivity contribution in [1.82, 2.24) is 4.72 Å². The van der Waals surface area contributed by atoms with E-state index < -0.39 is 10.0 Å². The number of aliphatic hydroxyl groups excluding tert-OH is 1. The van der Waals surface area contributed by atoms with Crippen molar-refractivity contribution < 1.29 is 13.5 Å². The van der Waals surface area contributed by atoms with Crippen LogP contribution in [-0.4, -0.2) is 20.1 Å². The fraction of sp³-hybridized carbons (Fsp3) is 0.600. The van der Waals surface area contributed by atoms with E-state index in [4.69, 9.17) is 16.7 Å². The summed E-state index contributed by atoms with van der Waals surface area (Å²) in [5, 5.41) is 9.33. The minimum atomic E-state index is -3.54. The number of hydrogen-bond acceptors (Lipinski definition) is 3. The van der Waals surface area contributed by atoms with Gasteiger partial charge in [0.25, 0.3) is 0 Å². The molecule has 0 saturated heterocycles. The van der Waals surface area contributed by atoms with Crippen molar-refractivity contribution in [2.75, 3.05) is 6.54 Å². The molecule has 0 aromatic heterocycles. The summed E-state index contributed by atoms with van der Waals surface area (Å²) in [7, 11) is -3.54. The Hall–Kier alpha value is -0.620. The van der Waals surface area contributed by atoms with Gasteiger partial charge in [-0.3, -0.25) is 0 Å². The highest BCUT2D eigenvalue weighted by Crippen LogP contribution is 2.28. The molecule has 1 aliphatic carbocycles. The molecule has 2 N–H and O–H groups in total. The maximum Gasteiger partial charge on any atom is 0.240 e. The standard InChI is InChI=1S/C15H22ClNO3S/c1-11-3-2-4-12(7-11)9-17-21(19,20)14-6-5-13(10-18)15(16)8-14/h5-6,8,11-12,17-18H,2-4,7,9-10H2,1H3. The van der Waals surface area contributed by atoms with E-state index in [0.29, 0.717) is 23.9 Å². The number of rotatable bonds is 5. The third-order valence-corrected chi connectivity index (χ3v) is 5.89. The molecule has 6 heteroatoms. The van der Waals surface area contributed by atoms with Crippen LogP contribution in [0.25, 0.3) is 0 Å². The van der Waals surface area contributed by atoms with Crippen molar-refractivity contribution in [1.29, 1.82) is 0 Å². The van der Waals surface area contributed by atoms with Gasteiger partial charge < -0.3 is 5.11 Å². The summed E-state index contributed by atoms with van der Waals surface area (Å²) in [6.45, 7) is 2.49. The van der Waals surface area contributed by atoms with Crippen molar-refractivity contribution in [2.24, 2.45) is 11.8 Å². The Morgan fingerprint density at radius 1 is 1.38 bits per heavy atom. The number of benzene rings is 1. The van der Waals surface area contributed by atoms with Crippen molar-refractivity contribution in [2.45, 2.75) is 44.1 Å². The van der Waals surface area contributed by atoms with E-state index in [2.05, 4.69) is 11.6 Å². The van der Waals surface area contributed by atoms with Crippen LogP contribution in [0.3, 0.4) is 0 Å². The molecule has 2 unspecified atom stereocenters. The van der Waals surface area contributed by atoms with Gasteiger partial charge in [-0.25, -0.2) is 13.1 Å². The monoisotopic (exact) mass is 331 g/mol. The second-order valence-electron chi connectivity index (χ2n) is 5.90. The molecule has 1 aliphatic rings. The number of sulfonamides is 1. The quantitative estimate of drug-likeness (QED) is 0.871. The van der Waals surface area contributed by atoms with Crippen LogP contribution in [0.4, 0.5) is 0 Å². The van der Waals surface area contributed by atoms with Crippen LogP contribution in [0, 0.1) is 11.8 Å². The summed E-state index contributed by atoms with van der Waals surface area (Å²) in [6, 6.07) is 4.40. The smallest absolute Gasteiger partial charge is 0.240 e. The van der Waals surface area contributed by atoms with Gasteiger partial charge in [0.2, 0.25) is 10.0 Å². The van der Waals surface area contributed by atoms with Crippen molar-refractivity contribution in [3.05, 3.63) is 28.8 Å². The zero-order valence-electron chi connectivity index (χ0n) is 12.2. The first-order chi connectivity index (χ1) is 9.92. The average Bonchev–Trinajstić information content (AvgIpc) is 2.45. The minimum absolute atomic E-state index is 0.147. The van der Waals surface area contributed by atoms with E-state index in [1.54, 1.807) is 6.07 Å². The molecule has 0 radical (unpaired) electrons. The van der Waals surface area contributed by atoms with Gasteiger partial charge in [0.1, 0.15) is 0 Å². The number of halogens is 1. The average molecular weight is 332 g/mol. The summed E-state index contributed by atoms with van der Waals surface area (Å²) < 4.78 is 27.2. The first kappa shape index (κ1) is 16.7. The lowest BCUT2D eigenvalue weighted by Crippen LogP contribution is -2.31. The van der Waals surface area contributed by atoms with E-state index in [1.807, 2.05) is 0 Å². The van der Waals surface area contributed by atoms with Gasteiger partial charge >= 0.3 is 0 Å². The minimum Gasteiger partial charge on any atom is -0.392 e.